The van der Waals surface area contributed by atoms with E-state index < -0.39 is 0 Å². The average molecular weight is 195 g/mol. The van der Waals surface area contributed by atoms with Crippen LogP contribution in [0.4, 0.5) is 0 Å². The third-order valence-corrected chi connectivity index (χ3v) is 1.72. The number of benzene rings is 1. The molecule has 0 radical (unpaired) electrons. The van der Waals surface area contributed by atoms with E-state index in [4.69, 9.17) is 5.73 Å². The maximum atomic E-state index is 5.50. The van der Waals surface area contributed by atoms with E-state index in [0.29, 0.717) is 5.92 Å². The highest BCUT2D eigenvalue weighted by molar-refractivity contribution is 5.18. The van der Waals surface area contributed by atoms with Crippen LogP contribution in [0.3, 0.4) is 0 Å². The molecular weight excluding hydrogens is 170 g/mol. The molecule has 1 atom stereocenters. The molecule has 14 heavy (non-hydrogen) atoms. The minimum atomic E-state index is 0.487. The second-order valence-corrected chi connectivity index (χ2v) is 2.55. The van der Waals surface area contributed by atoms with Crippen LogP contribution in [0.5, 0.6) is 0 Å². The number of nitrogens with two attached hydrogens (primary N) is 1. The Bertz CT molecular complexity index is 182. The van der Waals surface area contributed by atoms with Crippen molar-refractivity contribution in [3.8, 4) is 0 Å². The standard InChI is InChI=1S/C9H13N.2C2H6/c1-8(7-10)9-5-3-2-4-6-9;2*1-2/h2-6,8H,7,10H2,1H3;2*1-2H3. The lowest BCUT2D eigenvalue weighted by Crippen LogP contribution is -2.08. The van der Waals surface area contributed by atoms with Crippen LogP contribution < -0.4 is 5.73 Å². The van der Waals surface area contributed by atoms with Gasteiger partial charge >= 0.3 is 0 Å². The molecule has 0 bridgehead atoms. The van der Waals surface area contributed by atoms with Gasteiger partial charge in [0.2, 0.25) is 0 Å². The smallest absolute Gasteiger partial charge is 0.00109 e. The van der Waals surface area contributed by atoms with Crippen LogP contribution in [0.15, 0.2) is 30.3 Å². The van der Waals surface area contributed by atoms with Crippen LogP contribution in [-0.2, 0) is 0 Å². The molecule has 1 nitrogen and oxygen atoms in total. The molecule has 0 aliphatic heterocycles. The molecule has 1 rings (SSSR count). The van der Waals surface area contributed by atoms with Crippen LogP contribution >= 0.6 is 0 Å². The van der Waals surface area contributed by atoms with Gasteiger partial charge in [-0.1, -0.05) is 65.0 Å². The van der Waals surface area contributed by atoms with Crippen molar-refractivity contribution >= 4 is 0 Å². The molecule has 1 unspecified atom stereocenters. The van der Waals surface area contributed by atoms with Crippen molar-refractivity contribution < 1.29 is 0 Å². The van der Waals surface area contributed by atoms with E-state index in [1.165, 1.54) is 5.56 Å². The highest BCUT2D eigenvalue weighted by atomic mass is 14.5. The van der Waals surface area contributed by atoms with Gasteiger partial charge in [-0.2, -0.15) is 0 Å². The third-order valence-electron chi connectivity index (χ3n) is 1.72. The second-order valence-electron chi connectivity index (χ2n) is 2.55. The van der Waals surface area contributed by atoms with Crippen molar-refractivity contribution in [2.75, 3.05) is 6.54 Å². The predicted molar refractivity (Wildman–Crippen MR) is 66.6 cm³/mol. The Kier molecular flexibility index (Phi) is 13.6. The summed E-state index contributed by atoms with van der Waals surface area (Å²) in [4.78, 5) is 0. The zero-order valence-electron chi connectivity index (χ0n) is 10.2. The van der Waals surface area contributed by atoms with E-state index in [1.807, 2.05) is 45.9 Å². The molecule has 0 aliphatic rings. The summed E-state index contributed by atoms with van der Waals surface area (Å²) < 4.78 is 0. The van der Waals surface area contributed by atoms with Gasteiger partial charge in [0.05, 0.1) is 0 Å². The molecular formula is C13H25N. The van der Waals surface area contributed by atoms with E-state index in [-0.39, 0.29) is 0 Å². The molecule has 0 aromatic heterocycles. The molecule has 1 aromatic carbocycles. The van der Waals surface area contributed by atoms with E-state index >= 15 is 0 Å². The summed E-state index contributed by atoms with van der Waals surface area (Å²) in [5.74, 6) is 0.487. The largest absolute Gasteiger partial charge is 0.330 e. The first-order chi connectivity index (χ1) is 6.84. The normalized spacial score (nSPS) is 10.1. The van der Waals surface area contributed by atoms with Gasteiger partial charge in [0.15, 0.2) is 0 Å². The molecule has 0 saturated heterocycles. The highest BCUT2D eigenvalue weighted by Crippen LogP contribution is 2.11. The lowest BCUT2D eigenvalue weighted by atomic mass is 10.0. The van der Waals surface area contributed by atoms with Gasteiger partial charge in [0.1, 0.15) is 0 Å². The topological polar surface area (TPSA) is 26.0 Å². The van der Waals surface area contributed by atoms with E-state index in [1.54, 1.807) is 0 Å². The van der Waals surface area contributed by atoms with Crippen LogP contribution in [-0.4, -0.2) is 6.54 Å². The molecule has 1 aromatic rings. The highest BCUT2D eigenvalue weighted by Gasteiger charge is 1.99. The van der Waals surface area contributed by atoms with Crippen molar-refractivity contribution in [3.05, 3.63) is 35.9 Å². The van der Waals surface area contributed by atoms with Crippen molar-refractivity contribution in [1.82, 2.24) is 0 Å². The van der Waals surface area contributed by atoms with E-state index in [9.17, 15) is 0 Å². The Morgan fingerprint density at radius 3 is 1.79 bits per heavy atom. The van der Waals surface area contributed by atoms with Gasteiger partial charge in [-0.05, 0) is 18.0 Å². The van der Waals surface area contributed by atoms with E-state index in [0.717, 1.165) is 6.54 Å². The van der Waals surface area contributed by atoms with Crippen molar-refractivity contribution in [2.24, 2.45) is 5.73 Å². The Morgan fingerprint density at radius 2 is 1.43 bits per heavy atom. The van der Waals surface area contributed by atoms with Gasteiger partial charge in [-0.25, -0.2) is 0 Å². The summed E-state index contributed by atoms with van der Waals surface area (Å²) in [7, 11) is 0. The molecule has 0 fully saturated rings. The minimum Gasteiger partial charge on any atom is -0.330 e. The van der Waals surface area contributed by atoms with Gasteiger partial charge in [0, 0.05) is 0 Å². The van der Waals surface area contributed by atoms with E-state index in [2.05, 4.69) is 19.1 Å². The number of hydrogen-bond acceptors (Lipinski definition) is 1. The Balaban J connectivity index is 0. The average Bonchev–Trinajstić information content (AvgIpc) is 2.34. The first-order valence-electron chi connectivity index (χ1n) is 5.59. The lowest BCUT2D eigenvalue weighted by Gasteiger charge is -2.06. The van der Waals surface area contributed by atoms with Crippen molar-refractivity contribution in [1.29, 1.82) is 0 Å². The number of hydrogen-bond donors (Lipinski definition) is 1. The van der Waals surface area contributed by atoms with Crippen molar-refractivity contribution in [2.45, 2.75) is 40.5 Å². The number of rotatable bonds is 2. The molecule has 0 saturated carbocycles. The fourth-order valence-corrected chi connectivity index (χ4v) is 0.918. The fraction of sp³-hybridized carbons (Fsp3) is 0.538. The Hall–Kier alpha value is -0.820. The Morgan fingerprint density at radius 1 is 1.00 bits per heavy atom. The molecule has 0 heterocycles. The van der Waals surface area contributed by atoms with Gasteiger partial charge < -0.3 is 5.73 Å². The zero-order valence-corrected chi connectivity index (χ0v) is 10.2. The Labute approximate surface area is 89.3 Å². The quantitative estimate of drug-likeness (QED) is 0.763. The molecule has 1 heteroatoms. The fourth-order valence-electron chi connectivity index (χ4n) is 0.918. The summed E-state index contributed by atoms with van der Waals surface area (Å²) in [6, 6.07) is 10.3. The van der Waals surface area contributed by atoms with Crippen molar-refractivity contribution in [3.63, 3.8) is 0 Å². The maximum absolute atomic E-state index is 5.50. The first kappa shape index (κ1) is 15.6. The molecule has 2 N–H and O–H groups in total. The lowest BCUT2D eigenvalue weighted by molar-refractivity contribution is 0.774. The van der Waals surface area contributed by atoms with Gasteiger partial charge in [0.25, 0.3) is 0 Å². The van der Waals surface area contributed by atoms with Crippen LogP contribution in [0, 0.1) is 0 Å². The molecule has 82 valence electrons. The summed E-state index contributed by atoms with van der Waals surface area (Å²) in [6.07, 6.45) is 0. The predicted octanol–water partition coefficient (Wildman–Crippen LogP) is 3.80. The maximum Gasteiger partial charge on any atom is -0.00109 e. The minimum absolute atomic E-state index is 0.487. The van der Waals surface area contributed by atoms with Crippen LogP contribution in [0.1, 0.15) is 46.1 Å². The first-order valence-corrected chi connectivity index (χ1v) is 5.59. The molecule has 0 aliphatic carbocycles. The van der Waals surface area contributed by atoms with Crippen LogP contribution in [0.25, 0.3) is 0 Å². The monoisotopic (exact) mass is 195 g/mol. The summed E-state index contributed by atoms with van der Waals surface area (Å²) in [5.41, 5.74) is 6.83. The summed E-state index contributed by atoms with van der Waals surface area (Å²) >= 11 is 0. The summed E-state index contributed by atoms with van der Waals surface area (Å²) in [5, 5.41) is 0. The zero-order chi connectivity index (χ0) is 11.4. The third kappa shape index (κ3) is 6.67. The SMILES string of the molecule is CC.CC.CC(CN)c1ccccc1. The van der Waals surface area contributed by atoms with Gasteiger partial charge in [-0.15, -0.1) is 0 Å². The van der Waals surface area contributed by atoms with Crippen LogP contribution in [0.2, 0.25) is 0 Å². The molecule has 0 amide bonds. The summed E-state index contributed by atoms with van der Waals surface area (Å²) in [6.45, 7) is 10.9. The van der Waals surface area contributed by atoms with Gasteiger partial charge in [-0.3, -0.25) is 0 Å². The second kappa shape index (κ2) is 12.2. The molecule has 0 spiro atoms.